The number of furan rings is 1. The lowest BCUT2D eigenvalue weighted by Gasteiger charge is -2.18. The minimum Gasteiger partial charge on any atom is -0.467 e. The van der Waals surface area contributed by atoms with Gasteiger partial charge in [-0.25, -0.2) is 0 Å². The third-order valence-corrected chi connectivity index (χ3v) is 3.99. The molecule has 2 heterocycles. The molecule has 1 atom stereocenters. The molecule has 1 aromatic heterocycles. The fourth-order valence-corrected chi connectivity index (χ4v) is 2.66. The first kappa shape index (κ1) is 18.3. The summed E-state index contributed by atoms with van der Waals surface area (Å²) in [4.78, 5) is 17.8. The molecule has 1 aliphatic heterocycles. The SMILES string of the molecule is CCC(=O)N1CCC(NC(=NC)NCCCOCc2ccco2)C1. The zero-order valence-electron chi connectivity index (χ0n) is 14.6. The van der Waals surface area contributed by atoms with Gasteiger partial charge < -0.3 is 24.7 Å². The Morgan fingerprint density at radius 3 is 3.12 bits per heavy atom. The number of nitrogens with one attached hydrogen (secondary N) is 2. The molecule has 0 aromatic carbocycles. The second kappa shape index (κ2) is 9.97. The highest BCUT2D eigenvalue weighted by atomic mass is 16.5. The van der Waals surface area contributed by atoms with Crippen molar-refractivity contribution in [3.63, 3.8) is 0 Å². The van der Waals surface area contributed by atoms with Crippen LogP contribution in [0.15, 0.2) is 27.8 Å². The van der Waals surface area contributed by atoms with Gasteiger partial charge in [0.05, 0.1) is 6.26 Å². The Morgan fingerprint density at radius 1 is 1.54 bits per heavy atom. The summed E-state index contributed by atoms with van der Waals surface area (Å²) in [5, 5.41) is 6.66. The molecule has 1 unspecified atom stereocenters. The lowest BCUT2D eigenvalue weighted by atomic mass is 10.3. The minimum absolute atomic E-state index is 0.218. The second-order valence-electron chi connectivity index (χ2n) is 5.81. The monoisotopic (exact) mass is 336 g/mol. The normalized spacial score (nSPS) is 18.0. The van der Waals surface area contributed by atoms with Crippen LogP contribution < -0.4 is 10.6 Å². The average Bonchev–Trinajstić information content (AvgIpc) is 3.27. The summed E-state index contributed by atoms with van der Waals surface area (Å²) in [6.07, 6.45) is 4.05. The molecule has 24 heavy (non-hydrogen) atoms. The number of likely N-dealkylation sites (tertiary alicyclic amines) is 1. The quantitative estimate of drug-likeness (QED) is 0.426. The average molecular weight is 336 g/mol. The summed E-state index contributed by atoms with van der Waals surface area (Å²) in [6, 6.07) is 4.02. The molecule has 1 aromatic rings. The van der Waals surface area contributed by atoms with Gasteiger partial charge in [-0.3, -0.25) is 9.79 Å². The van der Waals surface area contributed by atoms with Gasteiger partial charge in [0.1, 0.15) is 12.4 Å². The van der Waals surface area contributed by atoms with Crippen LogP contribution in [-0.2, 0) is 16.1 Å². The predicted molar refractivity (Wildman–Crippen MR) is 92.8 cm³/mol. The summed E-state index contributed by atoms with van der Waals surface area (Å²) in [7, 11) is 1.76. The van der Waals surface area contributed by atoms with Crippen LogP contribution in [0.5, 0.6) is 0 Å². The summed E-state index contributed by atoms with van der Waals surface area (Å²) in [6.45, 7) is 5.41. The van der Waals surface area contributed by atoms with Gasteiger partial charge in [0.15, 0.2) is 5.96 Å². The minimum atomic E-state index is 0.218. The summed E-state index contributed by atoms with van der Waals surface area (Å²) in [5.74, 6) is 1.83. The van der Waals surface area contributed by atoms with Crippen molar-refractivity contribution >= 4 is 11.9 Å². The van der Waals surface area contributed by atoms with Crippen molar-refractivity contribution in [3.05, 3.63) is 24.2 Å². The Kier molecular flexibility index (Phi) is 7.61. The van der Waals surface area contributed by atoms with Gasteiger partial charge >= 0.3 is 0 Å². The van der Waals surface area contributed by atoms with Gasteiger partial charge in [-0.05, 0) is 25.0 Å². The van der Waals surface area contributed by atoms with Crippen LogP contribution in [0.1, 0.15) is 31.9 Å². The molecule has 1 fully saturated rings. The Labute approximate surface area is 143 Å². The molecule has 2 rings (SSSR count). The number of guanidine groups is 1. The van der Waals surface area contributed by atoms with E-state index >= 15 is 0 Å². The van der Waals surface area contributed by atoms with Crippen LogP contribution in [0.2, 0.25) is 0 Å². The van der Waals surface area contributed by atoms with Crippen LogP contribution >= 0.6 is 0 Å². The van der Waals surface area contributed by atoms with Crippen molar-refractivity contribution < 1.29 is 13.9 Å². The number of carbonyl (C=O) groups excluding carboxylic acids is 1. The van der Waals surface area contributed by atoms with Gasteiger partial charge in [-0.2, -0.15) is 0 Å². The number of carbonyl (C=O) groups is 1. The van der Waals surface area contributed by atoms with E-state index in [0.717, 1.165) is 44.2 Å². The third kappa shape index (κ3) is 5.88. The first-order chi connectivity index (χ1) is 11.7. The highest BCUT2D eigenvalue weighted by Crippen LogP contribution is 2.10. The van der Waals surface area contributed by atoms with E-state index in [0.29, 0.717) is 19.6 Å². The summed E-state index contributed by atoms with van der Waals surface area (Å²) >= 11 is 0. The molecule has 0 saturated carbocycles. The predicted octanol–water partition coefficient (Wildman–Crippen LogP) is 1.36. The smallest absolute Gasteiger partial charge is 0.222 e. The molecule has 134 valence electrons. The molecule has 0 radical (unpaired) electrons. The van der Waals surface area contributed by atoms with E-state index in [-0.39, 0.29) is 11.9 Å². The van der Waals surface area contributed by atoms with E-state index in [1.54, 1.807) is 13.3 Å². The molecule has 2 N–H and O–H groups in total. The maximum absolute atomic E-state index is 11.7. The van der Waals surface area contributed by atoms with Gasteiger partial charge in [-0.15, -0.1) is 0 Å². The molecule has 7 nitrogen and oxygen atoms in total. The van der Waals surface area contributed by atoms with E-state index in [9.17, 15) is 4.79 Å². The van der Waals surface area contributed by atoms with Crippen molar-refractivity contribution in [1.29, 1.82) is 0 Å². The maximum Gasteiger partial charge on any atom is 0.222 e. The third-order valence-electron chi connectivity index (χ3n) is 3.99. The van der Waals surface area contributed by atoms with Gasteiger partial charge in [0.25, 0.3) is 0 Å². The molecule has 1 amide bonds. The molecule has 1 saturated heterocycles. The van der Waals surface area contributed by atoms with Crippen LogP contribution in [0.4, 0.5) is 0 Å². The van der Waals surface area contributed by atoms with Crippen LogP contribution in [0, 0.1) is 0 Å². The summed E-state index contributed by atoms with van der Waals surface area (Å²) < 4.78 is 10.7. The van der Waals surface area contributed by atoms with Crippen molar-refractivity contribution in [2.24, 2.45) is 4.99 Å². The fourth-order valence-electron chi connectivity index (χ4n) is 2.66. The molecule has 0 bridgehead atoms. The number of rotatable bonds is 8. The zero-order chi connectivity index (χ0) is 17.2. The fraction of sp³-hybridized carbons (Fsp3) is 0.647. The Balaban J connectivity index is 1.57. The standard InChI is InChI=1S/C17H28N4O3/c1-3-16(22)21-9-7-14(12-21)20-17(18-2)19-8-5-10-23-13-15-6-4-11-24-15/h4,6,11,14H,3,5,7-10,12-13H2,1-2H3,(H2,18,19,20). The Morgan fingerprint density at radius 2 is 2.42 bits per heavy atom. The Hall–Kier alpha value is -2.02. The zero-order valence-corrected chi connectivity index (χ0v) is 14.6. The number of nitrogens with zero attached hydrogens (tertiary/aromatic N) is 2. The Bertz CT molecular complexity index is 516. The van der Waals surface area contributed by atoms with Crippen molar-refractivity contribution in [2.45, 2.75) is 38.8 Å². The molecule has 1 aliphatic rings. The van der Waals surface area contributed by atoms with Crippen molar-refractivity contribution in [1.82, 2.24) is 15.5 Å². The van der Waals surface area contributed by atoms with Crippen LogP contribution in [-0.4, -0.2) is 56.1 Å². The highest BCUT2D eigenvalue weighted by Gasteiger charge is 2.25. The first-order valence-corrected chi connectivity index (χ1v) is 8.58. The first-order valence-electron chi connectivity index (χ1n) is 8.58. The van der Waals surface area contributed by atoms with E-state index in [4.69, 9.17) is 9.15 Å². The molecule has 0 aliphatic carbocycles. The van der Waals surface area contributed by atoms with E-state index in [1.165, 1.54) is 0 Å². The molecule has 0 spiro atoms. The number of ether oxygens (including phenoxy) is 1. The maximum atomic E-state index is 11.7. The van der Waals surface area contributed by atoms with Gasteiger partial charge in [0.2, 0.25) is 5.91 Å². The van der Waals surface area contributed by atoms with Crippen LogP contribution in [0.25, 0.3) is 0 Å². The summed E-state index contributed by atoms with van der Waals surface area (Å²) in [5.41, 5.74) is 0. The van der Waals surface area contributed by atoms with E-state index in [1.807, 2.05) is 24.0 Å². The van der Waals surface area contributed by atoms with Crippen molar-refractivity contribution in [3.8, 4) is 0 Å². The lowest BCUT2D eigenvalue weighted by Crippen LogP contribution is -2.45. The van der Waals surface area contributed by atoms with Crippen LogP contribution in [0.3, 0.4) is 0 Å². The van der Waals surface area contributed by atoms with Crippen molar-refractivity contribution in [2.75, 3.05) is 33.3 Å². The highest BCUT2D eigenvalue weighted by molar-refractivity contribution is 5.80. The van der Waals surface area contributed by atoms with Gasteiger partial charge in [-0.1, -0.05) is 6.92 Å². The molecular formula is C17H28N4O3. The number of hydrogen-bond donors (Lipinski definition) is 2. The molecule has 7 heteroatoms. The topological polar surface area (TPSA) is 79.1 Å². The number of aliphatic imine (C=N–C) groups is 1. The van der Waals surface area contributed by atoms with Gasteiger partial charge in [0, 0.05) is 45.8 Å². The largest absolute Gasteiger partial charge is 0.467 e. The molecular weight excluding hydrogens is 308 g/mol. The van der Waals surface area contributed by atoms with E-state index < -0.39 is 0 Å². The van der Waals surface area contributed by atoms with E-state index in [2.05, 4.69) is 15.6 Å². The number of amides is 1. The lowest BCUT2D eigenvalue weighted by molar-refractivity contribution is -0.129. The second-order valence-corrected chi connectivity index (χ2v) is 5.81. The number of hydrogen-bond acceptors (Lipinski definition) is 4.